The Morgan fingerprint density at radius 3 is 2.69 bits per heavy atom. The first-order valence-corrected chi connectivity index (χ1v) is 8.67. The zero-order valence-corrected chi connectivity index (χ0v) is 15.0. The maximum atomic E-state index is 12.0. The number of ether oxygens (including phenoxy) is 1. The number of carbonyl (C=O) groups is 2. The predicted molar refractivity (Wildman–Crippen MR) is 101 cm³/mol. The number of aromatic amines is 1. The van der Waals surface area contributed by atoms with Crippen molar-refractivity contribution in [2.24, 2.45) is 0 Å². The van der Waals surface area contributed by atoms with E-state index >= 15 is 0 Å². The van der Waals surface area contributed by atoms with Gasteiger partial charge in [-0.05, 0) is 30.2 Å². The van der Waals surface area contributed by atoms with E-state index in [4.69, 9.17) is 16.3 Å². The van der Waals surface area contributed by atoms with Gasteiger partial charge in [-0.3, -0.25) is 9.59 Å². The van der Waals surface area contributed by atoms with Crippen LogP contribution >= 0.6 is 11.6 Å². The van der Waals surface area contributed by atoms with Gasteiger partial charge in [0.15, 0.2) is 6.61 Å². The van der Waals surface area contributed by atoms with Crippen molar-refractivity contribution in [3.8, 4) is 0 Å². The van der Waals surface area contributed by atoms with E-state index in [2.05, 4.69) is 10.3 Å². The zero-order valence-electron chi connectivity index (χ0n) is 14.3. The molecule has 2 N–H and O–H groups in total. The number of esters is 1. The standard InChI is InChI=1S/C20H19ClN2O3/c1-13(15-6-2-4-8-17(15)21)23-19(24)12-26-20(25)10-14-11-22-18-9-5-3-7-16(14)18/h2-9,11,13,22H,10,12H2,1H3,(H,23,24)/t13-/m0/s1. The first kappa shape index (κ1) is 18.0. The Kier molecular flexibility index (Phi) is 5.58. The summed E-state index contributed by atoms with van der Waals surface area (Å²) in [4.78, 5) is 27.2. The first-order chi connectivity index (χ1) is 12.5. The van der Waals surface area contributed by atoms with Crippen molar-refractivity contribution in [2.45, 2.75) is 19.4 Å². The van der Waals surface area contributed by atoms with E-state index in [1.54, 1.807) is 12.3 Å². The van der Waals surface area contributed by atoms with Gasteiger partial charge in [-0.1, -0.05) is 48.0 Å². The molecule has 134 valence electrons. The normalized spacial score (nSPS) is 11.9. The minimum absolute atomic E-state index is 0.108. The molecule has 0 bridgehead atoms. The molecule has 0 aliphatic heterocycles. The molecule has 26 heavy (non-hydrogen) atoms. The van der Waals surface area contributed by atoms with Crippen molar-refractivity contribution >= 4 is 34.4 Å². The van der Waals surface area contributed by atoms with Crippen LogP contribution in [-0.2, 0) is 20.7 Å². The summed E-state index contributed by atoms with van der Waals surface area (Å²) in [5.41, 5.74) is 2.62. The number of fused-ring (bicyclic) bond motifs is 1. The molecule has 0 aliphatic rings. The van der Waals surface area contributed by atoms with Gasteiger partial charge in [0.2, 0.25) is 0 Å². The van der Waals surface area contributed by atoms with Crippen molar-refractivity contribution in [3.05, 3.63) is 70.9 Å². The van der Waals surface area contributed by atoms with E-state index in [-0.39, 0.29) is 25.0 Å². The number of hydrogen-bond donors (Lipinski definition) is 2. The number of H-pyrrole nitrogens is 1. The third kappa shape index (κ3) is 4.24. The van der Waals surface area contributed by atoms with Gasteiger partial charge in [0.1, 0.15) is 0 Å². The molecule has 1 amide bonds. The number of rotatable bonds is 6. The van der Waals surface area contributed by atoms with Crippen LogP contribution in [0.25, 0.3) is 10.9 Å². The Balaban J connectivity index is 1.51. The zero-order chi connectivity index (χ0) is 18.5. The van der Waals surface area contributed by atoms with Crippen molar-refractivity contribution < 1.29 is 14.3 Å². The molecule has 0 fully saturated rings. The average Bonchev–Trinajstić information content (AvgIpc) is 3.03. The van der Waals surface area contributed by atoms with Crippen LogP contribution in [0.3, 0.4) is 0 Å². The second kappa shape index (κ2) is 8.06. The third-order valence-electron chi connectivity index (χ3n) is 4.12. The van der Waals surface area contributed by atoms with Gasteiger partial charge in [0.05, 0.1) is 12.5 Å². The topological polar surface area (TPSA) is 71.2 Å². The molecule has 0 spiro atoms. The molecule has 0 saturated heterocycles. The number of amides is 1. The van der Waals surface area contributed by atoms with Crippen molar-refractivity contribution in [3.63, 3.8) is 0 Å². The summed E-state index contributed by atoms with van der Waals surface area (Å²) in [7, 11) is 0. The highest BCUT2D eigenvalue weighted by atomic mass is 35.5. The highest BCUT2D eigenvalue weighted by Crippen LogP contribution is 2.22. The Labute approximate surface area is 156 Å². The Hall–Kier alpha value is -2.79. The second-order valence-electron chi connectivity index (χ2n) is 6.01. The molecule has 5 nitrogen and oxygen atoms in total. The Morgan fingerprint density at radius 2 is 1.88 bits per heavy atom. The maximum Gasteiger partial charge on any atom is 0.310 e. The monoisotopic (exact) mass is 370 g/mol. The highest BCUT2D eigenvalue weighted by molar-refractivity contribution is 6.31. The number of carbonyl (C=O) groups excluding carboxylic acids is 2. The molecule has 0 aliphatic carbocycles. The van der Waals surface area contributed by atoms with Crippen LogP contribution in [-0.4, -0.2) is 23.5 Å². The summed E-state index contributed by atoms with van der Waals surface area (Å²) >= 11 is 6.12. The van der Waals surface area contributed by atoms with E-state index in [0.29, 0.717) is 5.02 Å². The van der Waals surface area contributed by atoms with Gasteiger partial charge in [0, 0.05) is 22.1 Å². The number of nitrogens with one attached hydrogen (secondary N) is 2. The summed E-state index contributed by atoms with van der Waals surface area (Å²) in [6.45, 7) is 1.50. The minimum atomic E-state index is -0.449. The molecule has 3 aromatic rings. The SMILES string of the molecule is C[C@H](NC(=O)COC(=O)Cc1c[nH]c2ccccc12)c1ccccc1Cl. The molecule has 1 atom stereocenters. The number of aromatic nitrogens is 1. The lowest BCUT2D eigenvalue weighted by atomic mass is 10.1. The van der Waals surface area contributed by atoms with Gasteiger partial charge in [-0.15, -0.1) is 0 Å². The van der Waals surface area contributed by atoms with E-state index in [9.17, 15) is 9.59 Å². The lowest BCUT2D eigenvalue weighted by Gasteiger charge is -2.15. The first-order valence-electron chi connectivity index (χ1n) is 8.29. The molecular formula is C20H19ClN2O3. The van der Waals surface area contributed by atoms with Crippen molar-refractivity contribution in [2.75, 3.05) is 6.61 Å². The lowest BCUT2D eigenvalue weighted by Crippen LogP contribution is -2.31. The van der Waals surface area contributed by atoms with Crippen LogP contribution in [0.2, 0.25) is 5.02 Å². The van der Waals surface area contributed by atoms with Crippen molar-refractivity contribution in [1.29, 1.82) is 0 Å². The fourth-order valence-electron chi connectivity index (χ4n) is 2.82. The summed E-state index contributed by atoms with van der Waals surface area (Å²) in [6.07, 6.45) is 1.89. The molecule has 1 aromatic heterocycles. The van der Waals surface area contributed by atoms with Gasteiger partial charge in [0.25, 0.3) is 5.91 Å². The predicted octanol–water partition coefficient (Wildman–Crippen LogP) is 3.78. The van der Waals surface area contributed by atoms with Crippen molar-refractivity contribution in [1.82, 2.24) is 10.3 Å². The quantitative estimate of drug-likeness (QED) is 0.648. The van der Waals surface area contributed by atoms with E-state index in [1.165, 1.54) is 0 Å². The number of para-hydroxylation sites is 1. The number of hydrogen-bond acceptors (Lipinski definition) is 3. The van der Waals surface area contributed by atoms with Crippen LogP contribution in [0.5, 0.6) is 0 Å². The third-order valence-corrected chi connectivity index (χ3v) is 4.47. The molecule has 0 radical (unpaired) electrons. The van der Waals surface area contributed by atoms with E-state index in [0.717, 1.165) is 22.0 Å². The van der Waals surface area contributed by atoms with Crippen LogP contribution < -0.4 is 5.32 Å². The van der Waals surface area contributed by atoms with Crippen LogP contribution in [0, 0.1) is 0 Å². The molecule has 2 aromatic carbocycles. The summed E-state index contributed by atoms with van der Waals surface area (Å²) in [5.74, 6) is -0.819. The van der Waals surface area contributed by atoms with Gasteiger partial charge >= 0.3 is 5.97 Å². The van der Waals surface area contributed by atoms with E-state index in [1.807, 2.05) is 49.4 Å². The summed E-state index contributed by atoms with van der Waals surface area (Å²) in [5, 5.41) is 4.33. The highest BCUT2D eigenvalue weighted by Gasteiger charge is 2.15. The van der Waals surface area contributed by atoms with Crippen LogP contribution in [0.1, 0.15) is 24.1 Å². The maximum absolute atomic E-state index is 12.0. The van der Waals surface area contributed by atoms with Gasteiger partial charge < -0.3 is 15.0 Å². The number of benzene rings is 2. The fourth-order valence-corrected chi connectivity index (χ4v) is 3.12. The van der Waals surface area contributed by atoms with Gasteiger partial charge in [-0.2, -0.15) is 0 Å². The molecule has 0 unspecified atom stereocenters. The largest absolute Gasteiger partial charge is 0.455 e. The number of halogens is 1. The van der Waals surface area contributed by atoms with Crippen LogP contribution in [0.4, 0.5) is 0 Å². The smallest absolute Gasteiger partial charge is 0.310 e. The average molecular weight is 371 g/mol. The molecule has 6 heteroatoms. The van der Waals surface area contributed by atoms with Gasteiger partial charge in [-0.25, -0.2) is 0 Å². The molecular weight excluding hydrogens is 352 g/mol. The minimum Gasteiger partial charge on any atom is -0.455 e. The lowest BCUT2D eigenvalue weighted by molar-refractivity contribution is -0.148. The van der Waals surface area contributed by atoms with E-state index < -0.39 is 5.97 Å². The Bertz CT molecular complexity index is 935. The fraction of sp³-hybridized carbons (Fsp3) is 0.200. The molecule has 3 rings (SSSR count). The Morgan fingerprint density at radius 1 is 1.15 bits per heavy atom. The molecule has 1 heterocycles. The summed E-state index contributed by atoms with van der Waals surface area (Å²) in [6, 6.07) is 14.7. The van der Waals surface area contributed by atoms with Crippen LogP contribution in [0.15, 0.2) is 54.7 Å². The summed E-state index contributed by atoms with van der Waals surface area (Å²) < 4.78 is 5.10. The molecule has 0 saturated carbocycles. The second-order valence-corrected chi connectivity index (χ2v) is 6.41.